The van der Waals surface area contributed by atoms with Crippen molar-refractivity contribution in [1.82, 2.24) is 9.97 Å². The van der Waals surface area contributed by atoms with Crippen LogP contribution in [0.3, 0.4) is 0 Å². The van der Waals surface area contributed by atoms with Gasteiger partial charge in [-0.05, 0) is 36.4 Å². The predicted octanol–water partition coefficient (Wildman–Crippen LogP) is 3.49. The van der Waals surface area contributed by atoms with Gasteiger partial charge in [0.25, 0.3) is 5.56 Å². The smallest absolute Gasteiger partial charge is 0.262 e. The van der Waals surface area contributed by atoms with Crippen molar-refractivity contribution in [3.8, 4) is 27.7 Å². The summed E-state index contributed by atoms with van der Waals surface area (Å²) >= 11 is 1.48. The Bertz CT molecular complexity index is 847. The molecule has 3 aromatic rings. The SMILES string of the molecule is Cc1ccc(-c2c(O)nc(-c3sccc3C)[nH]c2=O)cc1. The molecule has 0 fully saturated rings. The van der Waals surface area contributed by atoms with Gasteiger partial charge in [0.05, 0.1) is 4.88 Å². The van der Waals surface area contributed by atoms with E-state index in [1.165, 1.54) is 11.3 Å². The summed E-state index contributed by atoms with van der Waals surface area (Å²) in [5, 5.41) is 12.1. The van der Waals surface area contributed by atoms with E-state index in [2.05, 4.69) is 9.97 Å². The van der Waals surface area contributed by atoms with Crippen molar-refractivity contribution in [1.29, 1.82) is 0 Å². The lowest BCUT2D eigenvalue weighted by molar-refractivity contribution is 0.454. The van der Waals surface area contributed by atoms with Crippen molar-refractivity contribution in [2.45, 2.75) is 13.8 Å². The zero-order valence-corrected chi connectivity index (χ0v) is 12.5. The molecule has 2 aromatic heterocycles. The van der Waals surface area contributed by atoms with Crippen LogP contribution in [-0.2, 0) is 0 Å². The summed E-state index contributed by atoms with van der Waals surface area (Å²) in [5.41, 5.74) is 2.63. The maximum atomic E-state index is 12.3. The quantitative estimate of drug-likeness (QED) is 0.761. The number of rotatable bonds is 2. The molecule has 0 saturated heterocycles. The summed E-state index contributed by atoms with van der Waals surface area (Å²) in [4.78, 5) is 20.1. The first-order valence-corrected chi connectivity index (χ1v) is 7.39. The second kappa shape index (κ2) is 5.18. The van der Waals surface area contributed by atoms with Crippen molar-refractivity contribution < 1.29 is 5.11 Å². The van der Waals surface area contributed by atoms with Gasteiger partial charge in [-0.2, -0.15) is 4.98 Å². The number of aromatic nitrogens is 2. The lowest BCUT2D eigenvalue weighted by Crippen LogP contribution is -2.12. The molecule has 0 aliphatic heterocycles. The second-order valence-corrected chi connectivity index (χ2v) is 5.83. The van der Waals surface area contributed by atoms with Crippen LogP contribution >= 0.6 is 11.3 Å². The van der Waals surface area contributed by atoms with Crippen LogP contribution in [0.25, 0.3) is 21.8 Å². The molecule has 4 nitrogen and oxygen atoms in total. The number of aryl methyl sites for hydroxylation is 2. The van der Waals surface area contributed by atoms with Crippen molar-refractivity contribution >= 4 is 11.3 Å². The van der Waals surface area contributed by atoms with E-state index in [4.69, 9.17) is 0 Å². The lowest BCUT2D eigenvalue weighted by Gasteiger charge is -2.06. The van der Waals surface area contributed by atoms with E-state index in [0.717, 1.165) is 16.0 Å². The van der Waals surface area contributed by atoms with Crippen LogP contribution in [0.2, 0.25) is 0 Å². The van der Waals surface area contributed by atoms with Crippen LogP contribution in [0, 0.1) is 13.8 Å². The first-order chi connectivity index (χ1) is 10.1. The number of aromatic hydroxyl groups is 1. The number of nitrogens with zero attached hydrogens (tertiary/aromatic N) is 1. The van der Waals surface area contributed by atoms with Gasteiger partial charge >= 0.3 is 0 Å². The molecule has 0 atom stereocenters. The van der Waals surface area contributed by atoms with Gasteiger partial charge in [-0.15, -0.1) is 11.3 Å². The van der Waals surface area contributed by atoms with Gasteiger partial charge in [0.1, 0.15) is 5.56 Å². The van der Waals surface area contributed by atoms with Gasteiger partial charge in [-0.25, -0.2) is 0 Å². The topological polar surface area (TPSA) is 66.0 Å². The Labute approximate surface area is 125 Å². The van der Waals surface area contributed by atoms with Crippen molar-refractivity contribution in [2.75, 3.05) is 0 Å². The molecule has 0 aliphatic carbocycles. The highest BCUT2D eigenvalue weighted by atomic mass is 32.1. The minimum atomic E-state index is -0.339. The van der Waals surface area contributed by atoms with Crippen LogP contribution < -0.4 is 5.56 Å². The molecule has 106 valence electrons. The van der Waals surface area contributed by atoms with E-state index < -0.39 is 0 Å². The Hall–Kier alpha value is -2.40. The minimum absolute atomic E-state index is 0.202. The highest BCUT2D eigenvalue weighted by Gasteiger charge is 2.15. The third-order valence-corrected chi connectivity index (χ3v) is 4.34. The second-order valence-electron chi connectivity index (χ2n) is 4.91. The third kappa shape index (κ3) is 2.48. The van der Waals surface area contributed by atoms with Crippen molar-refractivity contribution in [3.63, 3.8) is 0 Å². The fourth-order valence-electron chi connectivity index (χ4n) is 2.16. The molecular formula is C16H14N2O2S. The first kappa shape index (κ1) is 13.6. The number of hydrogen-bond donors (Lipinski definition) is 2. The Morgan fingerprint density at radius 2 is 1.86 bits per heavy atom. The van der Waals surface area contributed by atoms with Gasteiger partial charge in [0.15, 0.2) is 5.82 Å². The monoisotopic (exact) mass is 298 g/mol. The van der Waals surface area contributed by atoms with Gasteiger partial charge in [0, 0.05) is 0 Å². The predicted molar refractivity (Wildman–Crippen MR) is 84.7 cm³/mol. The van der Waals surface area contributed by atoms with E-state index in [1.807, 2.05) is 37.4 Å². The number of benzene rings is 1. The zero-order chi connectivity index (χ0) is 15.0. The van der Waals surface area contributed by atoms with E-state index in [9.17, 15) is 9.90 Å². The highest BCUT2D eigenvalue weighted by molar-refractivity contribution is 7.13. The molecule has 0 unspecified atom stereocenters. The Kier molecular flexibility index (Phi) is 3.35. The van der Waals surface area contributed by atoms with E-state index in [1.54, 1.807) is 12.1 Å². The van der Waals surface area contributed by atoms with Gasteiger partial charge < -0.3 is 10.1 Å². The lowest BCUT2D eigenvalue weighted by atomic mass is 10.1. The fourth-order valence-corrected chi connectivity index (χ4v) is 3.04. The van der Waals surface area contributed by atoms with Crippen LogP contribution in [0.4, 0.5) is 0 Å². The molecule has 2 N–H and O–H groups in total. The highest BCUT2D eigenvalue weighted by Crippen LogP contribution is 2.29. The number of aromatic amines is 1. The molecule has 1 aromatic carbocycles. The third-order valence-electron chi connectivity index (χ3n) is 3.32. The summed E-state index contributed by atoms with van der Waals surface area (Å²) in [6, 6.07) is 9.34. The molecule has 2 heterocycles. The number of H-pyrrole nitrogens is 1. The largest absolute Gasteiger partial charge is 0.493 e. The average molecular weight is 298 g/mol. The summed E-state index contributed by atoms with van der Waals surface area (Å²) in [6.07, 6.45) is 0. The normalized spacial score (nSPS) is 10.8. The Morgan fingerprint density at radius 3 is 2.43 bits per heavy atom. The van der Waals surface area contributed by atoms with E-state index >= 15 is 0 Å². The molecule has 0 bridgehead atoms. The Morgan fingerprint density at radius 1 is 1.14 bits per heavy atom. The number of hydrogen-bond acceptors (Lipinski definition) is 4. The minimum Gasteiger partial charge on any atom is -0.493 e. The maximum absolute atomic E-state index is 12.3. The molecule has 0 amide bonds. The summed E-state index contributed by atoms with van der Waals surface area (Å²) < 4.78 is 0. The number of thiophene rings is 1. The van der Waals surface area contributed by atoms with Crippen LogP contribution in [0.15, 0.2) is 40.5 Å². The molecule has 0 aliphatic rings. The average Bonchev–Trinajstić information content (AvgIpc) is 2.86. The van der Waals surface area contributed by atoms with Gasteiger partial charge in [-0.3, -0.25) is 4.79 Å². The molecule has 5 heteroatoms. The van der Waals surface area contributed by atoms with Gasteiger partial charge in [-0.1, -0.05) is 29.8 Å². The van der Waals surface area contributed by atoms with E-state index in [-0.39, 0.29) is 17.0 Å². The summed E-state index contributed by atoms with van der Waals surface area (Å²) in [5.74, 6) is 0.159. The summed E-state index contributed by atoms with van der Waals surface area (Å²) in [7, 11) is 0. The van der Waals surface area contributed by atoms with E-state index in [0.29, 0.717) is 11.4 Å². The Balaban J connectivity index is 2.15. The fraction of sp³-hybridized carbons (Fsp3) is 0.125. The molecule has 0 radical (unpaired) electrons. The molecule has 0 saturated carbocycles. The van der Waals surface area contributed by atoms with Crippen molar-refractivity contribution in [2.24, 2.45) is 0 Å². The van der Waals surface area contributed by atoms with Crippen LogP contribution in [-0.4, -0.2) is 15.1 Å². The zero-order valence-electron chi connectivity index (χ0n) is 11.7. The first-order valence-electron chi connectivity index (χ1n) is 6.51. The standard InChI is InChI=1S/C16H14N2O2S/c1-9-3-5-11(6-4-9)12-15(19)17-14(18-16(12)20)13-10(2)7-8-21-13/h3-8H,1-2H3,(H2,17,18,19,20). The summed E-state index contributed by atoms with van der Waals surface area (Å²) in [6.45, 7) is 3.91. The molecule has 0 spiro atoms. The molecule has 3 rings (SSSR count). The molecule has 21 heavy (non-hydrogen) atoms. The number of nitrogens with one attached hydrogen (secondary N) is 1. The molecular weight excluding hydrogens is 284 g/mol. The maximum Gasteiger partial charge on any atom is 0.262 e. The van der Waals surface area contributed by atoms with Crippen LogP contribution in [0.5, 0.6) is 5.88 Å². The van der Waals surface area contributed by atoms with Crippen molar-refractivity contribution in [3.05, 3.63) is 57.2 Å². The van der Waals surface area contributed by atoms with Crippen LogP contribution in [0.1, 0.15) is 11.1 Å². The van der Waals surface area contributed by atoms with Gasteiger partial charge in [0.2, 0.25) is 5.88 Å².